The van der Waals surface area contributed by atoms with Crippen LogP contribution in [0.25, 0.3) is 0 Å². The van der Waals surface area contributed by atoms with Gasteiger partial charge in [-0.1, -0.05) is 12.1 Å². The zero-order chi connectivity index (χ0) is 19.8. The number of fused-ring (bicyclic) bond motifs is 1. The molecule has 8 nitrogen and oxygen atoms in total. The van der Waals surface area contributed by atoms with Crippen LogP contribution in [0, 0.1) is 0 Å². The lowest BCUT2D eigenvalue weighted by molar-refractivity contribution is -0.121. The van der Waals surface area contributed by atoms with Crippen molar-refractivity contribution in [3.8, 4) is 0 Å². The number of rotatable bonds is 2. The van der Waals surface area contributed by atoms with Gasteiger partial charge in [0, 0.05) is 26.2 Å². The zero-order valence-electron chi connectivity index (χ0n) is 16.2. The lowest BCUT2D eigenvalue weighted by Crippen LogP contribution is -2.58. The highest BCUT2D eigenvalue weighted by Crippen LogP contribution is 2.36. The standard InChI is InChI=1S/C21H24N6O2/c28-19(27-9-3-4-10-27)17-13-22-14-18(23-17)26-11-7-21(8-12-26)20(29)24-15-5-1-2-6-16(15)25-21/h1-2,5-6,13-14,25H,3-4,7-12H2,(H,24,29). The van der Waals surface area contributed by atoms with Gasteiger partial charge < -0.3 is 20.4 Å². The molecule has 8 heteroatoms. The summed E-state index contributed by atoms with van der Waals surface area (Å²) in [5.74, 6) is 0.664. The molecule has 0 aliphatic carbocycles. The number of likely N-dealkylation sites (tertiary alicyclic amines) is 1. The van der Waals surface area contributed by atoms with Crippen molar-refractivity contribution < 1.29 is 9.59 Å². The van der Waals surface area contributed by atoms with Crippen molar-refractivity contribution >= 4 is 29.0 Å². The maximum atomic E-state index is 12.8. The van der Waals surface area contributed by atoms with Crippen LogP contribution in [0.15, 0.2) is 36.7 Å². The molecule has 3 aliphatic heterocycles. The van der Waals surface area contributed by atoms with Gasteiger partial charge in [0.25, 0.3) is 5.91 Å². The van der Waals surface area contributed by atoms with Gasteiger partial charge in [-0.2, -0.15) is 0 Å². The van der Waals surface area contributed by atoms with Gasteiger partial charge >= 0.3 is 0 Å². The Balaban J connectivity index is 1.30. The summed E-state index contributed by atoms with van der Waals surface area (Å²) in [4.78, 5) is 38.2. The van der Waals surface area contributed by atoms with E-state index in [0.717, 1.165) is 37.3 Å². The van der Waals surface area contributed by atoms with E-state index < -0.39 is 5.54 Å². The number of para-hydroxylation sites is 2. The molecule has 1 aromatic heterocycles. The number of carbonyl (C=O) groups is 2. The maximum absolute atomic E-state index is 12.8. The highest BCUT2D eigenvalue weighted by atomic mass is 16.2. The Morgan fingerprint density at radius 1 is 1.00 bits per heavy atom. The largest absolute Gasteiger partial charge is 0.369 e. The summed E-state index contributed by atoms with van der Waals surface area (Å²) < 4.78 is 0. The summed E-state index contributed by atoms with van der Waals surface area (Å²) in [5.41, 5.74) is 1.57. The minimum absolute atomic E-state index is 0.0138. The second kappa shape index (κ2) is 7.02. The molecule has 0 unspecified atom stereocenters. The average Bonchev–Trinajstić information content (AvgIpc) is 3.30. The third-order valence-electron chi connectivity index (χ3n) is 6.16. The van der Waals surface area contributed by atoms with E-state index in [1.807, 2.05) is 29.2 Å². The first-order valence-electron chi connectivity index (χ1n) is 10.2. The van der Waals surface area contributed by atoms with Gasteiger partial charge in [-0.25, -0.2) is 4.98 Å². The number of piperidine rings is 1. The van der Waals surface area contributed by atoms with E-state index in [0.29, 0.717) is 37.4 Å². The number of benzene rings is 1. The molecule has 4 heterocycles. The number of aromatic nitrogens is 2. The van der Waals surface area contributed by atoms with Crippen molar-refractivity contribution in [2.75, 3.05) is 41.7 Å². The van der Waals surface area contributed by atoms with Gasteiger partial charge in [-0.05, 0) is 37.8 Å². The second-order valence-electron chi connectivity index (χ2n) is 7.96. The summed E-state index contributed by atoms with van der Waals surface area (Å²) in [5, 5.41) is 6.50. The molecule has 5 rings (SSSR count). The van der Waals surface area contributed by atoms with Gasteiger partial charge in [0.15, 0.2) is 0 Å². The normalized spacial score (nSPS) is 20.2. The van der Waals surface area contributed by atoms with Crippen LogP contribution in [-0.4, -0.2) is 58.4 Å². The Kier molecular flexibility index (Phi) is 4.34. The van der Waals surface area contributed by atoms with Gasteiger partial charge in [-0.15, -0.1) is 0 Å². The minimum Gasteiger partial charge on any atom is -0.369 e. The molecule has 1 aromatic carbocycles. The number of nitrogens with one attached hydrogen (secondary N) is 2. The van der Waals surface area contributed by atoms with Gasteiger partial charge in [0.2, 0.25) is 5.91 Å². The highest BCUT2D eigenvalue weighted by Gasteiger charge is 2.44. The Hall–Kier alpha value is -3.16. The summed E-state index contributed by atoms with van der Waals surface area (Å²) in [6, 6.07) is 7.77. The van der Waals surface area contributed by atoms with Crippen LogP contribution in [-0.2, 0) is 4.79 Å². The lowest BCUT2D eigenvalue weighted by Gasteiger charge is -2.44. The van der Waals surface area contributed by atoms with E-state index in [1.54, 1.807) is 12.4 Å². The third-order valence-corrected chi connectivity index (χ3v) is 6.16. The van der Waals surface area contributed by atoms with Crippen LogP contribution in [0.4, 0.5) is 17.2 Å². The summed E-state index contributed by atoms with van der Waals surface area (Å²) in [6.07, 6.45) is 6.64. The molecule has 1 spiro atoms. The van der Waals surface area contributed by atoms with E-state index in [9.17, 15) is 9.59 Å². The molecule has 3 aliphatic rings. The molecule has 0 radical (unpaired) electrons. The third kappa shape index (κ3) is 3.18. The Morgan fingerprint density at radius 3 is 2.48 bits per heavy atom. The number of hydrogen-bond donors (Lipinski definition) is 2. The monoisotopic (exact) mass is 392 g/mol. The fraction of sp³-hybridized carbons (Fsp3) is 0.429. The fourth-order valence-electron chi connectivity index (χ4n) is 4.42. The van der Waals surface area contributed by atoms with E-state index >= 15 is 0 Å². The smallest absolute Gasteiger partial charge is 0.274 e. The van der Waals surface area contributed by atoms with Crippen LogP contribution >= 0.6 is 0 Å². The minimum atomic E-state index is -0.610. The Morgan fingerprint density at radius 2 is 1.72 bits per heavy atom. The SMILES string of the molecule is O=C(c1cncc(N2CCC3(CC2)Nc2ccccc2NC3=O)n1)N1CCCC1. The number of carbonyl (C=O) groups excluding carboxylic acids is 2. The van der Waals surface area contributed by atoms with Crippen molar-refractivity contribution in [3.05, 3.63) is 42.4 Å². The predicted molar refractivity (Wildman–Crippen MR) is 110 cm³/mol. The molecule has 2 saturated heterocycles. The second-order valence-corrected chi connectivity index (χ2v) is 7.96. The van der Waals surface area contributed by atoms with Crippen molar-refractivity contribution in [3.63, 3.8) is 0 Å². The highest BCUT2D eigenvalue weighted by molar-refractivity contribution is 6.06. The number of hydrogen-bond acceptors (Lipinski definition) is 6. The number of anilines is 3. The van der Waals surface area contributed by atoms with E-state index in [4.69, 9.17) is 0 Å². The van der Waals surface area contributed by atoms with Crippen molar-refractivity contribution in [1.29, 1.82) is 0 Å². The van der Waals surface area contributed by atoms with Gasteiger partial charge in [0.1, 0.15) is 17.1 Å². The predicted octanol–water partition coefficient (Wildman–Crippen LogP) is 2.12. The topological polar surface area (TPSA) is 90.5 Å². The zero-order valence-corrected chi connectivity index (χ0v) is 16.2. The fourth-order valence-corrected chi connectivity index (χ4v) is 4.42. The molecule has 0 atom stereocenters. The Labute approximate surface area is 169 Å². The first-order valence-corrected chi connectivity index (χ1v) is 10.2. The van der Waals surface area contributed by atoms with Crippen molar-refractivity contribution in [1.82, 2.24) is 14.9 Å². The van der Waals surface area contributed by atoms with Crippen LogP contribution in [0.5, 0.6) is 0 Å². The van der Waals surface area contributed by atoms with Crippen LogP contribution in [0.2, 0.25) is 0 Å². The molecule has 0 bridgehead atoms. The quantitative estimate of drug-likeness (QED) is 0.814. The molecule has 0 saturated carbocycles. The van der Waals surface area contributed by atoms with Crippen molar-refractivity contribution in [2.24, 2.45) is 0 Å². The number of amides is 2. The average molecular weight is 392 g/mol. The van der Waals surface area contributed by atoms with E-state index in [-0.39, 0.29) is 11.8 Å². The lowest BCUT2D eigenvalue weighted by atomic mass is 9.84. The molecule has 2 N–H and O–H groups in total. The van der Waals surface area contributed by atoms with Gasteiger partial charge in [-0.3, -0.25) is 14.6 Å². The van der Waals surface area contributed by atoms with Crippen molar-refractivity contribution in [2.45, 2.75) is 31.2 Å². The van der Waals surface area contributed by atoms with E-state index in [1.165, 1.54) is 0 Å². The van der Waals surface area contributed by atoms with Crippen LogP contribution in [0.3, 0.4) is 0 Å². The molecule has 29 heavy (non-hydrogen) atoms. The summed E-state index contributed by atoms with van der Waals surface area (Å²) in [7, 11) is 0. The van der Waals surface area contributed by atoms with Crippen LogP contribution < -0.4 is 15.5 Å². The molecular formula is C21H24N6O2. The van der Waals surface area contributed by atoms with Crippen LogP contribution in [0.1, 0.15) is 36.2 Å². The number of nitrogens with zero attached hydrogens (tertiary/aromatic N) is 4. The molecule has 2 fully saturated rings. The maximum Gasteiger partial charge on any atom is 0.274 e. The summed E-state index contributed by atoms with van der Waals surface area (Å²) in [6.45, 7) is 2.91. The molecule has 2 aromatic rings. The summed E-state index contributed by atoms with van der Waals surface area (Å²) >= 11 is 0. The molecule has 150 valence electrons. The first-order chi connectivity index (χ1) is 14.1. The Bertz CT molecular complexity index is 948. The molecule has 2 amide bonds. The first kappa shape index (κ1) is 17.9. The van der Waals surface area contributed by atoms with E-state index in [2.05, 4.69) is 25.5 Å². The van der Waals surface area contributed by atoms with Gasteiger partial charge in [0.05, 0.1) is 23.8 Å². The molecular weight excluding hydrogens is 368 g/mol.